The molecule has 0 aliphatic rings. The maximum Gasteiger partial charge on any atom is 0.261 e. The van der Waals surface area contributed by atoms with Crippen LogP contribution in [0.5, 0.6) is 0 Å². The summed E-state index contributed by atoms with van der Waals surface area (Å²) in [4.78, 5) is 3.96. The second-order valence-electron chi connectivity index (χ2n) is 3.54. The molecule has 0 radical (unpaired) electrons. The SMILES string of the molecule is CCNCc1noc(-c2cc(F)c(Cl)cc2F)n1. The number of benzene rings is 1. The van der Waals surface area contributed by atoms with Gasteiger partial charge in [-0.15, -0.1) is 0 Å². The highest BCUT2D eigenvalue weighted by Crippen LogP contribution is 2.26. The molecule has 1 aromatic carbocycles. The zero-order valence-electron chi connectivity index (χ0n) is 9.51. The lowest BCUT2D eigenvalue weighted by Gasteiger charge is -1.99. The first kappa shape index (κ1) is 12.9. The molecule has 0 aliphatic heterocycles. The Morgan fingerprint density at radius 1 is 1.33 bits per heavy atom. The largest absolute Gasteiger partial charge is 0.334 e. The summed E-state index contributed by atoms with van der Waals surface area (Å²) in [5.74, 6) is -1.14. The van der Waals surface area contributed by atoms with E-state index >= 15 is 0 Å². The molecular weight excluding hydrogens is 264 g/mol. The zero-order valence-corrected chi connectivity index (χ0v) is 10.3. The first-order chi connectivity index (χ1) is 8.61. The van der Waals surface area contributed by atoms with Crippen LogP contribution in [0.25, 0.3) is 11.5 Å². The van der Waals surface area contributed by atoms with E-state index in [-0.39, 0.29) is 16.5 Å². The van der Waals surface area contributed by atoms with E-state index in [1.165, 1.54) is 0 Å². The Morgan fingerprint density at radius 2 is 2.11 bits per heavy atom. The predicted molar refractivity (Wildman–Crippen MR) is 62.0 cm³/mol. The molecule has 0 bridgehead atoms. The van der Waals surface area contributed by atoms with Crippen LogP contribution in [0.1, 0.15) is 12.7 Å². The van der Waals surface area contributed by atoms with Gasteiger partial charge < -0.3 is 9.84 Å². The van der Waals surface area contributed by atoms with Crippen LogP contribution in [-0.2, 0) is 6.54 Å². The molecule has 0 fully saturated rings. The minimum absolute atomic E-state index is 0.0732. The second-order valence-corrected chi connectivity index (χ2v) is 3.95. The number of aromatic nitrogens is 2. The first-order valence-electron chi connectivity index (χ1n) is 5.30. The number of rotatable bonds is 4. The Balaban J connectivity index is 2.31. The summed E-state index contributed by atoms with van der Waals surface area (Å²) in [6.45, 7) is 3.07. The molecule has 2 rings (SSSR count). The molecule has 18 heavy (non-hydrogen) atoms. The molecule has 0 aliphatic carbocycles. The molecule has 96 valence electrons. The average Bonchev–Trinajstić information content (AvgIpc) is 2.79. The van der Waals surface area contributed by atoms with E-state index in [9.17, 15) is 8.78 Å². The van der Waals surface area contributed by atoms with Crippen LogP contribution in [0.2, 0.25) is 5.02 Å². The monoisotopic (exact) mass is 273 g/mol. The highest BCUT2D eigenvalue weighted by Gasteiger charge is 2.16. The molecule has 1 N–H and O–H groups in total. The fourth-order valence-electron chi connectivity index (χ4n) is 1.36. The lowest BCUT2D eigenvalue weighted by Crippen LogP contribution is -2.12. The lowest BCUT2D eigenvalue weighted by atomic mass is 10.2. The summed E-state index contributed by atoms with van der Waals surface area (Å²) in [6.07, 6.45) is 0. The molecule has 0 amide bonds. The Labute approximate surface area is 107 Å². The topological polar surface area (TPSA) is 51.0 Å². The van der Waals surface area contributed by atoms with E-state index in [0.29, 0.717) is 12.4 Å². The molecule has 1 aromatic heterocycles. The number of hydrogen-bond donors (Lipinski definition) is 1. The van der Waals surface area contributed by atoms with E-state index in [1.807, 2.05) is 6.92 Å². The van der Waals surface area contributed by atoms with Crippen LogP contribution in [0.4, 0.5) is 8.78 Å². The first-order valence-corrected chi connectivity index (χ1v) is 5.67. The average molecular weight is 274 g/mol. The maximum absolute atomic E-state index is 13.6. The van der Waals surface area contributed by atoms with Gasteiger partial charge in [0.15, 0.2) is 5.82 Å². The van der Waals surface area contributed by atoms with Gasteiger partial charge >= 0.3 is 0 Å². The number of nitrogens with zero attached hydrogens (tertiary/aromatic N) is 2. The van der Waals surface area contributed by atoms with Gasteiger partial charge in [-0.05, 0) is 18.7 Å². The van der Waals surface area contributed by atoms with E-state index < -0.39 is 11.6 Å². The molecule has 0 spiro atoms. The van der Waals surface area contributed by atoms with Crippen molar-refractivity contribution in [1.82, 2.24) is 15.5 Å². The van der Waals surface area contributed by atoms with Crippen molar-refractivity contribution in [3.05, 3.63) is 34.6 Å². The smallest absolute Gasteiger partial charge is 0.261 e. The van der Waals surface area contributed by atoms with Crippen LogP contribution < -0.4 is 5.32 Å². The van der Waals surface area contributed by atoms with Gasteiger partial charge in [0.2, 0.25) is 0 Å². The van der Waals surface area contributed by atoms with Crippen molar-refractivity contribution >= 4 is 11.6 Å². The summed E-state index contributed by atoms with van der Waals surface area (Å²) in [6, 6.07) is 1.81. The standard InChI is InChI=1S/C11H10ClF2N3O/c1-2-15-5-10-16-11(18-17-10)6-3-9(14)7(12)4-8(6)13/h3-4,15H,2,5H2,1H3. The number of nitrogens with one attached hydrogen (secondary N) is 1. The summed E-state index contributed by atoms with van der Waals surface area (Å²) in [5.41, 5.74) is -0.104. The third kappa shape index (κ3) is 2.65. The molecule has 0 atom stereocenters. The highest BCUT2D eigenvalue weighted by molar-refractivity contribution is 6.30. The van der Waals surface area contributed by atoms with E-state index in [0.717, 1.165) is 18.7 Å². The molecule has 2 aromatic rings. The van der Waals surface area contributed by atoms with Crippen molar-refractivity contribution in [3.8, 4) is 11.5 Å². The second kappa shape index (κ2) is 5.41. The van der Waals surface area contributed by atoms with Crippen molar-refractivity contribution in [2.45, 2.75) is 13.5 Å². The van der Waals surface area contributed by atoms with Gasteiger partial charge in [-0.25, -0.2) is 8.78 Å². The molecule has 0 saturated carbocycles. The summed E-state index contributed by atoms with van der Waals surface area (Å²) in [7, 11) is 0. The Kier molecular flexibility index (Phi) is 3.88. The van der Waals surface area contributed by atoms with Gasteiger partial charge in [0.25, 0.3) is 5.89 Å². The lowest BCUT2D eigenvalue weighted by molar-refractivity contribution is 0.417. The predicted octanol–water partition coefficient (Wildman–Crippen LogP) is 2.78. The van der Waals surface area contributed by atoms with Crippen molar-refractivity contribution in [2.24, 2.45) is 0 Å². The molecule has 4 nitrogen and oxygen atoms in total. The van der Waals surface area contributed by atoms with Crippen LogP contribution in [0, 0.1) is 11.6 Å². The number of halogens is 3. The third-order valence-electron chi connectivity index (χ3n) is 2.24. The van der Waals surface area contributed by atoms with Crippen molar-refractivity contribution in [1.29, 1.82) is 0 Å². The Bertz CT molecular complexity index is 559. The summed E-state index contributed by atoms with van der Waals surface area (Å²) in [5, 5.41) is 6.35. The number of hydrogen-bond acceptors (Lipinski definition) is 4. The summed E-state index contributed by atoms with van der Waals surface area (Å²) >= 11 is 5.46. The molecular formula is C11H10ClF2N3O. The third-order valence-corrected chi connectivity index (χ3v) is 2.53. The minimum atomic E-state index is -0.737. The highest BCUT2D eigenvalue weighted by atomic mass is 35.5. The fraction of sp³-hybridized carbons (Fsp3) is 0.273. The maximum atomic E-state index is 13.6. The van der Waals surface area contributed by atoms with Crippen molar-refractivity contribution in [2.75, 3.05) is 6.54 Å². The fourth-order valence-corrected chi connectivity index (χ4v) is 1.51. The molecule has 1 heterocycles. The zero-order chi connectivity index (χ0) is 13.1. The van der Waals surface area contributed by atoms with E-state index in [4.69, 9.17) is 16.1 Å². The molecule has 0 unspecified atom stereocenters. The van der Waals surface area contributed by atoms with Crippen molar-refractivity contribution in [3.63, 3.8) is 0 Å². The Hall–Kier alpha value is -1.53. The van der Waals surface area contributed by atoms with Gasteiger partial charge in [-0.1, -0.05) is 23.7 Å². The molecule has 0 saturated heterocycles. The van der Waals surface area contributed by atoms with Crippen LogP contribution in [0.15, 0.2) is 16.7 Å². The van der Waals surface area contributed by atoms with E-state index in [1.54, 1.807) is 0 Å². The van der Waals surface area contributed by atoms with Gasteiger partial charge in [0.1, 0.15) is 11.6 Å². The summed E-state index contributed by atoms with van der Waals surface area (Å²) < 4.78 is 31.7. The quantitative estimate of drug-likeness (QED) is 0.871. The van der Waals surface area contributed by atoms with Crippen LogP contribution >= 0.6 is 11.6 Å². The molecule has 7 heteroatoms. The van der Waals surface area contributed by atoms with Gasteiger partial charge in [0, 0.05) is 0 Å². The van der Waals surface area contributed by atoms with Crippen LogP contribution in [-0.4, -0.2) is 16.7 Å². The van der Waals surface area contributed by atoms with Gasteiger partial charge in [-0.2, -0.15) is 4.98 Å². The Morgan fingerprint density at radius 3 is 2.83 bits per heavy atom. The van der Waals surface area contributed by atoms with E-state index in [2.05, 4.69) is 15.5 Å². The normalized spacial score (nSPS) is 10.9. The minimum Gasteiger partial charge on any atom is -0.334 e. The van der Waals surface area contributed by atoms with Crippen molar-refractivity contribution < 1.29 is 13.3 Å². The van der Waals surface area contributed by atoms with Gasteiger partial charge in [-0.3, -0.25) is 0 Å². The van der Waals surface area contributed by atoms with Gasteiger partial charge in [0.05, 0.1) is 17.1 Å². The van der Waals surface area contributed by atoms with Crippen LogP contribution in [0.3, 0.4) is 0 Å².